The summed E-state index contributed by atoms with van der Waals surface area (Å²) in [4.78, 5) is 8.26. The van der Waals surface area contributed by atoms with Crippen molar-refractivity contribution >= 4 is 0 Å². The van der Waals surface area contributed by atoms with Crippen LogP contribution in [0.2, 0.25) is 0 Å². The molecule has 0 aromatic carbocycles. The molecule has 0 fully saturated rings. The molecule has 0 spiro atoms. The standard InChI is InChI=1S/C13H23N3O/c1-6-13(4,5)17-12-11(7-14-9-16-12)8-15-10(2)3/h7,9-10,15H,6,8H2,1-5H3. The van der Waals surface area contributed by atoms with E-state index in [2.05, 4.69) is 49.9 Å². The highest BCUT2D eigenvalue weighted by Gasteiger charge is 2.19. The molecule has 4 heteroatoms. The van der Waals surface area contributed by atoms with Gasteiger partial charge in [0.2, 0.25) is 5.88 Å². The van der Waals surface area contributed by atoms with Crippen LogP contribution in [0, 0.1) is 0 Å². The van der Waals surface area contributed by atoms with Gasteiger partial charge in [0.25, 0.3) is 0 Å². The van der Waals surface area contributed by atoms with Gasteiger partial charge in [0.05, 0.1) is 0 Å². The second kappa shape index (κ2) is 5.96. The average molecular weight is 237 g/mol. The number of hydrogen-bond donors (Lipinski definition) is 1. The number of aromatic nitrogens is 2. The van der Waals surface area contributed by atoms with E-state index in [1.54, 1.807) is 0 Å². The third-order valence-electron chi connectivity index (χ3n) is 2.67. The Morgan fingerprint density at radius 3 is 2.71 bits per heavy atom. The van der Waals surface area contributed by atoms with Gasteiger partial charge in [0, 0.05) is 24.3 Å². The van der Waals surface area contributed by atoms with E-state index >= 15 is 0 Å². The zero-order valence-electron chi connectivity index (χ0n) is 11.4. The predicted octanol–water partition coefficient (Wildman–Crippen LogP) is 2.54. The van der Waals surface area contributed by atoms with Gasteiger partial charge in [-0.15, -0.1) is 0 Å². The Kier molecular flexibility index (Phi) is 4.87. The quantitative estimate of drug-likeness (QED) is 0.826. The summed E-state index contributed by atoms with van der Waals surface area (Å²) in [6.45, 7) is 11.2. The van der Waals surface area contributed by atoms with E-state index < -0.39 is 0 Å². The molecule has 0 saturated carbocycles. The van der Waals surface area contributed by atoms with E-state index in [0.717, 1.165) is 18.5 Å². The fraction of sp³-hybridized carbons (Fsp3) is 0.692. The molecule has 1 rings (SSSR count). The molecule has 0 saturated heterocycles. The second-order valence-corrected chi connectivity index (χ2v) is 5.10. The van der Waals surface area contributed by atoms with Crippen molar-refractivity contribution in [3.05, 3.63) is 18.1 Å². The maximum Gasteiger partial charge on any atom is 0.221 e. The Bertz CT molecular complexity index is 350. The van der Waals surface area contributed by atoms with Gasteiger partial charge in [0.1, 0.15) is 11.9 Å². The summed E-state index contributed by atoms with van der Waals surface area (Å²) in [5.74, 6) is 0.681. The van der Waals surface area contributed by atoms with Gasteiger partial charge in [-0.3, -0.25) is 0 Å². The van der Waals surface area contributed by atoms with Crippen molar-refractivity contribution in [3.8, 4) is 5.88 Å². The van der Waals surface area contributed by atoms with Crippen molar-refractivity contribution in [1.29, 1.82) is 0 Å². The van der Waals surface area contributed by atoms with Crippen LogP contribution >= 0.6 is 0 Å². The van der Waals surface area contributed by atoms with Crippen LogP contribution in [0.3, 0.4) is 0 Å². The van der Waals surface area contributed by atoms with E-state index in [4.69, 9.17) is 4.74 Å². The molecule has 96 valence electrons. The summed E-state index contributed by atoms with van der Waals surface area (Å²) >= 11 is 0. The molecule has 0 amide bonds. The number of ether oxygens (including phenoxy) is 1. The molecule has 4 nitrogen and oxygen atoms in total. The molecule has 0 aliphatic carbocycles. The first kappa shape index (κ1) is 13.9. The maximum absolute atomic E-state index is 5.92. The van der Waals surface area contributed by atoms with E-state index in [1.807, 2.05) is 6.20 Å². The smallest absolute Gasteiger partial charge is 0.221 e. The van der Waals surface area contributed by atoms with Crippen LogP contribution < -0.4 is 10.1 Å². The zero-order valence-corrected chi connectivity index (χ0v) is 11.4. The lowest BCUT2D eigenvalue weighted by Gasteiger charge is -2.25. The third kappa shape index (κ3) is 4.69. The zero-order chi connectivity index (χ0) is 12.9. The SMILES string of the molecule is CCC(C)(C)Oc1ncncc1CNC(C)C. The number of rotatable bonds is 6. The normalized spacial score (nSPS) is 11.9. The van der Waals surface area contributed by atoms with Crippen LogP contribution in [0.15, 0.2) is 12.5 Å². The van der Waals surface area contributed by atoms with Crippen LogP contribution in [-0.4, -0.2) is 21.6 Å². The fourth-order valence-electron chi connectivity index (χ4n) is 1.21. The minimum atomic E-state index is -0.194. The van der Waals surface area contributed by atoms with E-state index in [1.165, 1.54) is 6.33 Å². The molecule has 0 bridgehead atoms. The first-order chi connectivity index (χ1) is 7.94. The second-order valence-electron chi connectivity index (χ2n) is 5.10. The largest absolute Gasteiger partial charge is 0.471 e. The van der Waals surface area contributed by atoms with E-state index in [-0.39, 0.29) is 5.60 Å². The Balaban J connectivity index is 2.77. The molecule has 1 aromatic rings. The Morgan fingerprint density at radius 2 is 2.12 bits per heavy atom. The predicted molar refractivity (Wildman–Crippen MR) is 69.0 cm³/mol. The van der Waals surface area contributed by atoms with Gasteiger partial charge in [-0.1, -0.05) is 20.8 Å². The number of nitrogens with one attached hydrogen (secondary N) is 1. The minimum absolute atomic E-state index is 0.194. The molecule has 0 aliphatic rings. The summed E-state index contributed by atoms with van der Waals surface area (Å²) in [6.07, 6.45) is 4.28. The molecule has 17 heavy (non-hydrogen) atoms. The Hall–Kier alpha value is -1.16. The summed E-state index contributed by atoms with van der Waals surface area (Å²) in [5, 5.41) is 3.35. The van der Waals surface area contributed by atoms with Crippen molar-refractivity contribution in [1.82, 2.24) is 15.3 Å². The summed E-state index contributed by atoms with van der Waals surface area (Å²) < 4.78 is 5.92. The Morgan fingerprint density at radius 1 is 1.41 bits per heavy atom. The summed E-state index contributed by atoms with van der Waals surface area (Å²) in [6, 6.07) is 0.433. The molecular formula is C13H23N3O. The van der Waals surface area contributed by atoms with Gasteiger partial charge in [-0.05, 0) is 20.3 Å². The first-order valence-corrected chi connectivity index (χ1v) is 6.16. The van der Waals surface area contributed by atoms with Crippen LogP contribution in [0.5, 0.6) is 5.88 Å². The maximum atomic E-state index is 5.92. The lowest BCUT2D eigenvalue weighted by molar-refractivity contribution is 0.0971. The average Bonchev–Trinajstić information content (AvgIpc) is 2.27. The van der Waals surface area contributed by atoms with Crippen LogP contribution in [0.25, 0.3) is 0 Å². The summed E-state index contributed by atoms with van der Waals surface area (Å²) in [5.41, 5.74) is 0.809. The first-order valence-electron chi connectivity index (χ1n) is 6.16. The van der Waals surface area contributed by atoms with Crippen molar-refractivity contribution in [2.24, 2.45) is 0 Å². The van der Waals surface area contributed by atoms with Crippen LogP contribution in [-0.2, 0) is 6.54 Å². The summed E-state index contributed by atoms with van der Waals surface area (Å²) in [7, 11) is 0. The molecule has 0 unspecified atom stereocenters. The highest BCUT2D eigenvalue weighted by atomic mass is 16.5. The van der Waals surface area contributed by atoms with Gasteiger partial charge >= 0.3 is 0 Å². The topological polar surface area (TPSA) is 47.0 Å². The molecule has 1 N–H and O–H groups in total. The van der Waals surface area contributed by atoms with Crippen molar-refractivity contribution in [2.75, 3.05) is 0 Å². The van der Waals surface area contributed by atoms with Gasteiger partial charge in [0.15, 0.2) is 0 Å². The van der Waals surface area contributed by atoms with Gasteiger partial charge < -0.3 is 10.1 Å². The lowest BCUT2D eigenvalue weighted by Crippen LogP contribution is -2.29. The molecule has 0 atom stereocenters. The highest BCUT2D eigenvalue weighted by molar-refractivity contribution is 5.22. The number of hydrogen-bond acceptors (Lipinski definition) is 4. The molecule has 0 aliphatic heterocycles. The van der Waals surface area contributed by atoms with Crippen molar-refractivity contribution in [2.45, 2.75) is 59.2 Å². The number of nitrogens with zero attached hydrogens (tertiary/aromatic N) is 2. The van der Waals surface area contributed by atoms with Gasteiger partial charge in [-0.25, -0.2) is 9.97 Å². The van der Waals surface area contributed by atoms with Crippen LogP contribution in [0.4, 0.5) is 0 Å². The molecule has 0 radical (unpaired) electrons. The molecule has 1 heterocycles. The van der Waals surface area contributed by atoms with Gasteiger partial charge in [-0.2, -0.15) is 0 Å². The van der Waals surface area contributed by atoms with E-state index in [9.17, 15) is 0 Å². The van der Waals surface area contributed by atoms with Crippen molar-refractivity contribution < 1.29 is 4.74 Å². The van der Waals surface area contributed by atoms with Crippen LogP contribution in [0.1, 0.15) is 46.6 Å². The van der Waals surface area contributed by atoms with E-state index in [0.29, 0.717) is 11.9 Å². The lowest BCUT2D eigenvalue weighted by atomic mass is 10.1. The Labute approximate surface area is 104 Å². The minimum Gasteiger partial charge on any atom is -0.471 e. The van der Waals surface area contributed by atoms with Crippen molar-refractivity contribution in [3.63, 3.8) is 0 Å². The molecular weight excluding hydrogens is 214 g/mol. The molecule has 1 aromatic heterocycles. The fourth-order valence-corrected chi connectivity index (χ4v) is 1.21. The third-order valence-corrected chi connectivity index (χ3v) is 2.67. The monoisotopic (exact) mass is 237 g/mol. The highest BCUT2D eigenvalue weighted by Crippen LogP contribution is 2.21.